The molecule has 3 heteroatoms. The molecule has 0 aliphatic heterocycles. The summed E-state index contributed by atoms with van der Waals surface area (Å²) in [6.07, 6.45) is 0. The quantitative estimate of drug-likeness (QED) is 0.650. The van der Waals surface area contributed by atoms with Gasteiger partial charge in [0.2, 0.25) is 0 Å². The summed E-state index contributed by atoms with van der Waals surface area (Å²) in [5.41, 5.74) is 0. The van der Waals surface area contributed by atoms with Crippen molar-refractivity contribution in [1.29, 1.82) is 0 Å². The first kappa shape index (κ1) is 7.48. The second kappa shape index (κ2) is 3.48. The van der Waals surface area contributed by atoms with Gasteiger partial charge in [-0.25, -0.2) is 0 Å². The Bertz CT molecular complexity index is 264. The molecule has 0 spiro atoms. The Labute approximate surface area is 75.7 Å². The molecule has 0 radical (unpaired) electrons. The normalized spacial score (nSPS) is 10.2. The van der Waals surface area contributed by atoms with Crippen molar-refractivity contribution < 1.29 is 0 Å². The molecule has 2 heterocycles. The highest BCUT2D eigenvalue weighted by Gasteiger charge is 1.94. The van der Waals surface area contributed by atoms with E-state index < -0.39 is 0 Å². The molecule has 56 valence electrons. The van der Waals surface area contributed by atoms with Crippen molar-refractivity contribution in [1.82, 2.24) is 0 Å². The highest BCUT2D eigenvalue weighted by molar-refractivity contribution is 7.56. The Kier molecular flexibility index (Phi) is 2.37. The van der Waals surface area contributed by atoms with Gasteiger partial charge in [-0.15, -0.1) is 0 Å². The lowest BCUT2D eigenvalue weighted by molar-refractivity contribution is 2.12. The topological polar surface area (TPSA) is 0 Å². The molecule has 11 heavy (non-hydrogen) atoms. The molecule has 0 N–H and O–H groups in total. The SMILES string of the molecule is c1cc(Pc2ccsc2)cs1. The van der Waals surface area contributed by atoms with Crippen molar-refractivity contribution in [3.05, 3.63) is 33.7 Å². The largest absolute Gasteiger partial charge is 0.152 e. The minimum Gasteiger partial charge on any atom is -0.152 e. The van der Waals surface area contributed by atoms with Gasteiger partial charge in [0.25, 0.3) is 0 Å². The molecule has 0 saturated heterocycles. The van der Waals surface area contributed by atoms with Crippen LogP contribution >= 0.6 is 31.3 Å². The average molecular weight is 198 g/mol. The van der Waals surface area contributed by atoms with Gasteiger partial charge in [0, 0.05) is 0 Å². The zero-order valence-electron chi connectivity index (χ0n) is 5.78. The molecule has 0 aliphatic rings. The van der Waals surface area contributed by atoms with Crippen LogP contribution in [-0.2, 0) is 0 Å². The van der Waals surface area contributed by atoms with Crippen LogP contribution in [0.5, 0.6) is 0 Å². The van der Waals surface area contributed by atoms with Crippen molar-refractivity contribution in [2.24, 2.45) is 0 Å². The van der Waals surface area contributed by atoms with E-state index in [1.807, 2.05) is 0 Å². The average Bonchev–Trinajstić information content (AvgIpc) is 2.60. The maximum Gasteiger partial charge on any atom is -0.00156 e. The van der Waals surface area contributed by atoms with Crippen LogP contribution in [0.4, 0.5) is 0 Å². The first-order valence-electron chi connectivity index (χ1n) is 3.26. The van der Waals surface area contributed by atoms with E-state index in [1.54, 1.807) is 22.7 Å². The van der Waals surface area contributed by atoms with Gasteiger partial charge in [-0.2, -0.15) is 22.7 Å². The summed E-state index contributed by atoms with van der Waals surface area (Å²) in [5.74, 6) is 0. The van der Waals surface area contributed by atoms with Gasteiger partial charge in [-0.3, -0.25) is 0 Å². The fourth-order valence-electron chi connectivity index (χ4n) is 0.838. The Balaban J connectivity index is 2.14. The molecule has 2 aromatic heterocycles. The summed E-state index contributed by atoms with van der Waals surface area (Å²) in [4.78, 5) is 0. The van der Waals surface area contributed by atoms with Crippen LogP contribution in [0.2, 0.25) is 0 Å². The molecule has 0 atom stereocenters. The van der Waals surface area contributed by atoms with Crippen LogP contribution < -0.4 is 10.6 Å². The lowest BCUT2D eigenvalue weighted by Gasteiger charge is -1.91. The zero-order valence-corrected chi connectivity index (χ0v) is 8.41. The number of hydrogen-bond donors (Lipinski definition) is 0. The molecular weight excluding hydrogens is 191 g/mol. The second-order valence-electron chi connectivity index (χ2n) is 2.15. The third-order valence-corrected chi connectivity index (χ3v) is 4.32. The van der Waals surface area contributed by atoms with Gasteiger partial charge in [0.1, 0.15) is 0 Å². The van der Waals surface area contributed by atoms with Gasteiger partial charge < -0.3 is 0 Å². The molecule has 0 aromatic carbocycles. The van der Waals surface area contributed by atoms with E-state index in [2.05, 4.69) is 33.7 Å². The highest BCUT2D eigenvalue weighted by atomic mass is 32.1. The minimum absolute atomic E-state index is 0.846. The van der Waals surface area contributed by atoms with Gasteiger partial charge in [-0.05, 0) is 44.3 Å². The summed E-state index contributed by atoms with van der Waals surface area (Å²) in [6, 6.07) is 4.39. The Morgan fingerprint density at radius 3 is 1.82 bits per heavy atom. The van der Waals surface area contributed by atoms with Gasteiger partial charge in [-0.1, -0.05) is 8.58 Å². The molecule has 0 aliphatic carbocycles. The molecular formula is C8H7PS2. The smallest absolute Gasteiger partial charge is 0.00156 e. The first-order chi connectivity index (χ1) is 5.45. The van der Waals surface area contributed by atoms with Crippen molar-refractivity contribution in [3.63, 3.8) is 0 Å². The molecule has 0 unspecified atom stereocenters. The van der Waals surface area contributed by atoms with Crippen molar-refractivity contribution in [2.45, 2.75) is 0 Å². The zero-order chi connectivity index (χ0) is 7.52. The van der Waals surface area contributed by atoms with Crippen molar-refractivity contribution in [2.75, 3.05) is 0 Å². The van der Waals surface area contributed by atoms with Crippen LogP contribution in [0.1, 0.15) is 0 Å². The first-order valence-corrected chi connectivity index (χ1v) is 6.15. The Hall–Kier alpha value is -0.170. The Morgan fingerprint density at radius 2 is 1.45 bits per heavy atom. The second-order valence-corrected chi connectivity index (χ2v) is 5.11. The fraction of sp³-hybridized carbons (Fsp3) is 0. The van der Waals surface area contributed by atoms with Crippen molar-refractivity contribution >= 4 is 41.9 Å². The number of thiophene rings is 2. The van der Waals surface area contributed by atoms with E-state index in [0.717, 1.165) is 8.58 Å². The summed E-state index contributed by atoms with van der Waals surface area (Å²) in [7, 11) is 0.846. The van der Waals surface area contributed by atoms with Gasteiger partial charge in [0.05, 0.1) is 0 Å². The molecule has 2 rings (SSSR count). The number of rotatable bonds is 2. The molecule has 0 bridgehead atoms. The van der Waals surface area contributed by atoms with Crippen LogP contribution in [0.15, 0.2) is 33.7 Å². The fourth-order valence-corrected chi connectivity index (χ4v) is 3.68. The van der Waals surface area contributed by atoms with Gasteiger partial charge >= 0.3 is 0 Å². The highest BCUT2D eigenvalue weighted by Crippen LogP contribution is 2.13. The van der Waals surface area contributed by atoms with E-state index in [-0.39, 0.29) is 0 Å². The lowest BCUT2D eigenvalue weighted by Crippen LogP contribution is -1.95. The molecule has 0 fully saturated rings. The predicted molar refractivity (Wildman–Crippen MR) is 56.2 cm³/mol. The van der Waals surface area contributed by atoms with E-state index in [1.165, 1.54) is 10.6 Å². The van der Waals surface area contributed by atoms with E-state index in [9.17, 15) is 0 Å². The maximum atomic E-state index is 2.22. The van der Waals surface area contributed by atoms with Crippen LogP contribution in [0.3, 0.4) is 0 Å². The van der Waals surface area contributed by atoms with E-state index in [4.69, 9.17) is 0 Å². The van der Waals surface area contributed by atoms with Crippen LogP contribution in [0, 0.1) is 0 Å². The van der Waals surface area contributed by atoms with Crippen LogP contribution in [-0.4, -0.2) is 0 Å². The van der Waals surface area contributed by atoms with Crippen molar-refractivity contribution in [3.8, 4) is 0 Å². The van der Waals surface area contributed by atoms with Crippen LogP contribution in [0.25, 0.3) is 0 Å². The minimum atomic E-state index is 0.846. The summed E-state index contributed by atoms with van der Waals surface area (Å²) in [6.45, 7) is 0. The molecule has 0 saturated carbocycles. The summed E-state index contributed by atoms with van der Waals surface area (Å²) in [5, 5.41) is 11.6. The summed E-state index contributed by atoms with van der Waals surface area (Å²) < 4.78 is 0. The predicted octanol–water partition coefficient (Wildman–Crippen LogP) is 2.44. The third-order valence-electron chi connectivity index (χ3n) is 1.33. The Morgan fingerprint density at radius 1 is 0.909 bits per heavy atom. The molecule has 0 nitrogen and oxygen atoms in total. The standard InChI is InChI=1S/C8H7PS2/c1-3-10-5-7(1)9-8-2-4-11-6-8/h1-6,9H. The van der Waals surface area contributed by atoms with E-state index in [0.29, 0.717) is 0 Å². The molecule has 0 amide bonds. The molecule has 2 aromatic rings. The lowest BCUT2D eigenvalue weighted by atomic mass is 10.7. The monoisotopic (exact) mass is 198 g/mol. The number of hydrogen-bond acceptors (Lipinski definition) is 2. The third kappa shape index (κ3) is 1.90. The van der Waals surface area contributed by atoms with E-state index >= 15 is 0 Å². The van der Waals surface area contributed by atoms with Gasteiger partial charge in [0.15, 0.2) is 0 Å². The summed E-state index contributed by atoms with van der Waals surface area (Å²) >= 11 is 3.54. The maximum absolute atomic E-state index is 2.22.